The maximum atomic E-state index is 9.46. The second-order valence-corrected chi connectivity index (χ2v) is 5.82. The molecule has 1 heterocycles. The quantitative estimate of drug-likeness (QED) is 0.673. The van der Waals surface area contributed by atoms with Crippen LogP contribution in [0.25, 0.3) is 0 Å². The number of hydrogen-bond acceptors (Lipinski definition) is 3. The highest BCUT2D eigenvalue weighted by Crippen LogP contribution is 2.35. The van der Waals surface area contributed by atoms with Crippen molar-refractivity contribution in [2.75, 3.05) is 13.1 Å². The summed E-state index contributed by atoms with van der Waals surface area (Å²) in [7, 11) is 0. The van der Waals surface area contributed by atoms with Gasteiger partial charge in [-0.1, -0.05) is 13.8 Å². The number of hydrogen-bond donors (Lipinski definition) is 3. The molecule has 1 saturated carbocycles. The molecule has 2 aliphatic rings. The van der Waals surface area contributed by atoms with Crippen molar-refractivity contribution in [2.24, 2.45) is 11.8 Å². The molecule has 0 radical (unpaired) electrons. The molecule has 0 aromatic carbocycles. The third kappa shape index (κ3) is 2.96. The zero-order valence-electron chi connectivity index (χ0n) is 10.6. The number of piperidine rings is 1. The Bertz CT molecular complexity index is 208. The molecule has 0 spiro atoms. The molecule has 0 aromatic rings. The summed E-state index contributed by atoms with van der Waals surface area (Å²) >= 11 is 0. The first kappa shape index (κ1) is 12.3. The fraction of sp³-hybridized carbons (Fsp3) is 1.00. The summed E-state index contributed by atoms with van der Waals surface area (Å²) in [4.78, 5) is 0. The third-order valence-corrected chi connectivity index (χ3v) is 4.07. The van der Waals surface area contributed by atoms with Crippen LogP contribution in [0.2, 0.25) is 0 Å². The number of aliphatic hydroxyl groups excluding tert-OH is 1. The lowest BCUT2D eigenvalue weighted by atomic mass is 9.71. The van der Waals surface area contributed by atoms with Crippen LogP contribution in [-0.4, -0.2) is 36.4 Å². The van der Waals surface area contributed by atoms with E-state index in [0.717, 1.165) is 31.8 Å². The summed E-state index contributed by atoms with van der Waals surface area (Å²) in [6, 6.07) is 1.18. The molecule has 2 rings (SSSR count). The lowest BCUT2D eigenvalue weighted by molar-refractivity contribution is 0.00710. The van der Waals surface area contributed by atoms with Gasteiger partial charge in [0.05, 0.1) is 6.10 Å². The van der Waals surface area contributed by atoms with Gasteiger partial charge in [-0.2, -0.15) is 0 Å². The smallest absolute Gasteiger partial charge is 0.0546 e. The highest BCUT2D eigenvalue weighted by Gasteiger charge is 2.38. The van der Waals surface area contributed by atoms with Crippen molar-refractivity contribution in [3.63, 3.8) is 0 Å². The summed E-state index contributed by atoms with van der Waals surface area (Å²) in [5, 5.41) is 16.6. The van der Waals surface area contributed by atoms with E-state index >= 15 is 0 Å². The summed E-state index contributed by atoms with van der Waals surface area (Å²) < 4.78 is 0. The zero-order chi connectivity index (χ0) is 11.5. The second-order valence-electron chi connectivity index (χ2n) is 5.82. The van der Waals surface area contributed by atoms with Gasteiger partial charge in [0.2, 0.25) is 0 Å². The van der Waals surface area contributed by atoms with Gasteiger partial charge >= 0.3 is 0 Å². The van der Waals surface area contributed by atoms with E-state index in [-0.39, 0.29) is 6.10 Å². The lowest BCUT2D eigenvalue weighted by Gasteiger charge is -2.44. The van der Waals surface area contributed by atoms with Crippen LogP contribution in [0, 0.1) is 11.8 Å². The summed E-state index contributed by atoms with van der Waals surface area (Å²) in [6.45, 7) is 6.78. The molecule has 3 nitrogen and oxygen atoms in total. The molecule has 1 atom stereocenters. The molecule has 1 aliphatic carbocycles. The zero-order valence-corrected chi connectivity index (χ0v) is 10.6. The molecular formula is C13H26N2O. The lowest BCUT2D eigenvalue weighted by Crippen LogP contribution is -2.52. The summed E-state index contributed by atoms with van der Waals surface area (Å²) in [6.07, 6.45) is 4.57. The third-order valence-electron chi connectivity index (χ3n) is 4.07. The van der Waals surface area contributed by atoms with Gasteiger partial charge in [-0.25, -0.2) is 0 Å². The first-order chi connectivity index (χ1) is 7.66. The molecule has 94 valence electrons. The highest BCUT2D eigenvalue weighted by atomic mass is 16.3. The van der Waals surface area contributed by atoms with Gasteiger partial charge in [0.1, 0.15) is 0 Å². The van der Waals surface area contributed by atoms with Crippen LogP contribution in [0.15, 0.2) is 0 Å². The van der Waals surface area contributed by atoms with Crippen molar-refractivity contribution in [3.05, 3.63) is 0 Å². The molecule has 0 aromatic heterocycles. The van der Waals surface area contributed by atoms with E-state index in [2.05, 4.69) is 24.5 Å². The maximum absolute atomic E-state index is 9.46. The predicted octanol–water partition coefficient (Wildman–Crippen LogP) is 1.12. The molecule has 1 aliphatic heterocycles. The number of aliphatic hydroxyl groups is 1. The Hall–Kier alpha value is -0.120. The first-order valence-corrected chi connectivity index (χ1v) is 6.81. The Morgan fingerprint density at radius 3 is 2.25 bits per heavy atom. The van der Waals surface area contributed by atoms with Gasteiger partial charge in [0, 0.05) is 12.1 Å². The topological polar surface area (TPSA) is 44.3 Å². The minimum absolute atomic E-state index is 0.0248. The molecule has 3 heteroatoms. The monoisotopic (exact) mass is 226 g/mol. The van der Waals surface area contributed by atoms with Crippen molar-refractivity contribution < 1.29 is 5.11 Å². The van der Waals surface area contributed by atoms with Crippen molar-refractivity contribution >= 4 is 0 Å². The van der Waals surface area contributed by atoms with E-state index in [1.807, 2.05) is 0 Å². The van der Waals surface area contributed by atoms with Gasteiger partial charge in [0.15, 0.2) is 0 Å². The van der Waals surface area contributed by atoms with Crippen LogP contribution in [0.1, 0.15) is 39.5 Å². The standard InChI is InChI=1S/C13H26N2O/c1-9(2)15-13(11-7-12(16)8-11)10-3-5-14-6-4-10/h9-16H,3-8H2,1-2H3. The van der Waals surface area contributed by atoms with Crippen molar-refractivity contribution in [3.8, 4) is 0 Å². The SMILES string of the molecule is CC(C)NC(C1CCNCC1)C1CC(O)C1. The van der Waals surface area contributed by atoms with E-state index in [1.165, 1.54) is 12.8 Å². The van der Waals surface area contributed by atoms with Crippen LogP contribution in [0.5, 0.6) is 0 Å². The molecule has 0 amide bonds. The van der Waals surface area contributed by atoms with E-state index < -0.39 is 0 Å². The molecule has 2 fully saturated rings. The molecule has 1 unspecified atom stereocenters. The summed E-state index contributed by atoms with van der Waals surface area (Å²) in [5.74, 6) is 1.52. The Morgan fingerprint density at radius 1 is 1.12 bits per heavy atom. The Labute approximate surface area is 99.0 Å². The highest BCUT2D eigenvalue weighted by molar-refractivity contribution is 4.93. The predicted molar refractivity (Wildman–Crippen MR) is 66.4 cm³/mol. The number of nitrogens with one attached hydrogen (secondary N) is 2. The van der Waals surface area contributed by atoms with E-state index in [0.29, 0.717) is 18.0 Å². The Balaban J connectivity index is 1.90. The summed E-state index contributed by atoms with van der Waals surface area (Å²) in [5.41, 5.74) is 0. The van der Waals surface area contributed by atoms with Gasteiger partial charge in [-0.15, -0.1) is 0 Å². The molecule has 0 bridgehead atoms. The van der Waals surface area contributed by atoms with Gasteiger partial charge < -0.3 is 15.7 Å². The molecule has 16 heavy (non-hydrogen) atoms. The van der Waals surface area contributed by atoms with Crippen LogP contribution in [0.3, 0.4) is 0 Å². The van der Waals surface area contributed by atoms with Crippen molar-refractivity contribution in [2.45, 2.75) is 57.7 Å². The Morgan fingerprint density at radius 2 is 1.75 bits per heavy atom. The van der Waals surface area contributed by atoms with Crippen LogP contribution >= 0.6 is 0 Å². The second kappa shape index (κ2) is 5.48. The van der Waals surface area contributed by atoms with Crippen LogP contribution < -0.4 is 10.6 Å². The first-order valence-electron chi connectivity index (χ1n) is 6.81. The van der Waals surface area contributed by atoms with Gasteiger partial charge in [0.25, 0.3) is 0 Å². The molecule has 3 N–H and O–H groups in total. The van der Waals surface area contributed by atoms with Gasteiger partial charge in [-0.3, -0.25) is 0 Å². The number of rotatable bonds is 4. The molecular weight excluding hydrogens is 200 g/mol. The average molecular weight is 226 g/mol. The van der Waals surface area contributed by atoms with Crippen molar-refractivity contribution in [1.82, 2.24) is 10.6 Å². The molecule has 1 saturated heterocycles. The average Bonchev–Trinajstić information content (AvgIpc) is 2.23. The Kier molecular flexibility index (Phi) is 4.22. The van der Waals surface area contributed by atoms with Gasteiger partial charge in [-0.05, 0) is 50.6 Å². The minimum Gasteiger partial charge on any atom is -0.393 e. The fourth-order valence-electron chi connectivity index (χ4n) is 3.17. The van der Waals surface area contributed by atoms with Crippen molar-refractivity contribution in [1.29, 1.82) is 0 Å². The van der Waals surface area contributed by atoms with E-state index in [4.69, 9.17) is 0 Å². The van der Waals surface area contributed by atoms with E-state index in [9.17, 15) is 5.11 Å². The normalized spacial score (nSPS) is 33.8. The van der Waals surface area contributed by atoms with Crippen LogP contribution in [0.4, 0.5) is 0 Å². The van der Waals surface area contributed by atoms with E-state index in [1.54, 1.807) is 0 Å². The largest absolute Gasteiger partial charge is 0.393 e. The maximum Gasteiger partial charge on any atom is 0.0546 e. The minimum atomic E-state index is -0.0248. The fourth-order valence-corrected chi connectivity index (χ4v) is 3.17. The van der Waals surface area contributed by atoms with Crippen LogP contribution in [-0.2, 0) is 0 Å².